The fourth-order valence-corrected chi connectivity index (χ4v) is 1.57. The summed E-state index contributed by atoms with van der Waals surface area (Å²) in [6.45, 7) is 6.71. The second-order valence-electron chi connectivity index (χ2n) is 3.95. The second kappa shape index (κ2) is 5.06. The number of unbranched alkanes of at least 4 members (excludes halogenated alkanes) is 1. The van der Waals surface area contributed by atoms with Crippen LogP contribution in [0.2, 0.25) is 0 Å². The largest absolute Gasteiger partial charge is 0.0654 e. The minimum atomic E-state index is 0.723. The summed E-state index contributed by atoms with van der Waals surface area (Å²) >= 11 is 0. The van der Waals surface area contributed by atoms with Gasteiger partial charge in [0.15, 0.2) is 0 Å². The molecule has 0 aliphatic heterocycles. The maximum atomic E-state index is 2.32. The van der Waals surface area contributed by atoms with Crippen molar-refractivity contribution in [3.63, 3.8) is 0 Å². The van der Waals surface area contributed by atoms with Crippen molar-refractivity contribution >= 4 is 0 Å². The summed E-state index contributed by atoms with van der Waals surface area (Å²) in [5, 5.41) is 0. The Morgan fingerprint density at radius 3 is 2.31 bits per heavy atom. The van der Waals surface area contributed by atoms with Gasteiger partial charge in [0.1, 0.15) is 0 Å². The van der Waals surface area contributed by atoms with E-state index in [1.165, 1.54) is 30.4 Å². The van der Waals surface area contributed by atoms with Gasteiger partial charge in [-0.3, -0.25) is 0 Å². The van der Waals surface area contributed by atoms with Gasteiger partial charge in [-0.15, -0.1) is 0 Å². The summed E-state index contributed by atoms with van der Waals surface area (Å²) in [4.78, 5) is 0. The Balaban J connectivity index is 2.55. The third-order valence-corrected chi connectivity index (χ3v) is 2.64. The molecule has 13 heavy (non-hydrogen) atoms. The molecule has 0 saturated heterocycles. The molecule has 72 valence electrons. The van der Waals surface area contributed by atoms with Gasteiger partial charge >= 0.3 is 0 Å². The van der Waals surface area contributed by atoms with Gasteiger partial charge in [0.2, 0.25) is 0 Å². The van der Waals surface area contributed by atoms with Crippen LogP contribution in [0.4, 0.5) is 0 Å². The van der Waals surface area contributed by atoms with E-state index in [0.717, 1.165) is 5.92 Å². The Morgan fingerprint density at radius 2 is 1.77 bits per heavy atom. The van der Waals surface area contributed by atoms with Gasteiger partial charge in [-0.1, -0.05) is 56.5 Å². The lowest BCUT2D eigenvalue weighted by atomic mass is 9.95. The molecule has 0 aliphatic rings. The maximum absolute atomic E-state index is 2.32. The van der Waals surface area contributed by atoms with Crippen LogP contribution in [0.5, 0.6) is 0 Å². The topological polar surface area (TPSA) is 0 Å². The minimum absolute atomic E-state index is 0.723. The van der Waals surface area contributed by atoms with E-state index in [1.807, 2.05) is 0 Å². The average molecular weight is 176 g/mol. The Hall–Kier alpha value is -0.780. The van der Waals surface area contributed by atoms with E-state index in [1.54, 1.807) is 0 Å². The standard InChI is InChI=1S/C13H20/c1-4-5-6-12(3)13-9-7-11(2)8-10-13/h7-10,12H,4-6H2,1-3H3/t12-/m1/s1. The number of hydrogen-bond acceptors (Lipinski definition) is 0. The fraction of sp³-hybridized carbons (Fsp3) is 0.538. The monoisotopic (exact) mass is 176 g/mol. The van der Waals surface area contributed by atoms with Crippen molar-refractivity contribution in [1.82, 2.24) is 0 Å². The first-order chi connectivity index (χ1) is 6.24. The van der Waals surface area contributed by atoms with Crippen molar-refractivity contribution in [3.8, 4) is 0 Å². The lowest BCUT2D eigenvalue weighted by Crippen LogP contribution is -1.92. The SMILES string of the molecule is CCCC[C@@H](C)c1ccc(C)cc1. The molecule has 0 N–H and O–H groups in total. The van der Waals surface area contributed by atoms with Gasteiger partial charge in [-0.05, 0) is 24.8 Å². The molecule has 0 radical (unpaired) electrons. The molecule has 0 aliphatic carbocycles. The van der Waals surface area contributed by atoms with Crippen molar-refractivity contribution in [2.75, 3.05) is 0 Å². The Kier molecular flexibility index (Phi) is 4.01. The summed E-state index contributed by atoms with van der Waals surface area (Å²) in [5.41, 5.74) is 2.84. The third-order valence-electron chi connectivity index (χ3n) is 2.64. The van der Waals surface area contributed by atoms with Crippen LogP contribution >= 0.6 is 0 Å². The van der Waals surface area contributed by atoms with Gasteiger partial charge in [-0.2, -0.15) is 0 Å². The molecule has 0 saturated carbocycles. The van der Waals surface area contributed by atoms with Crippen LogP contribution in [0.15, 0.2) is 24.3 Å². The average Bonchev–Trinajstić information content (AvgIpc) is 2.15. The van der Waals surface area contributed by atoms with Gasteiger partial charge < -0.3 is 0 Å². The Bertz CT molecular complexity index is 233. The van der Waals surface area contributed by atoms with Crippen LogP contribution in [0.1, 0.15) is 50.2 Å². The van der Waals surface area contributed by atoms with Crippen LogP contribution < -0.4 is 0 Å². The molecule has 0 bridgehead atoms. The zero-order valence-corrected chi connectivity index (χ0v) is 9.01. The van der Waals surface area contributed by atoms with E-state index in [4.69, 9.17) is 0 Å². The summed E-state index contributed by atoms with van der Waals surface area (Å²) in [6, 6.07) is 8.93. The van der Waals surface area contributed by atoms with E-state index < -0.39 is 0 Å². The van der Waals surface area contributed by atoms with Gasteiger partial charge in [0.25, 0.3) is 0 Å². The summed E-state index contributed by atoms with van der Waals surface area (Å²) in [6.07, 6.45) is 3.96. The van der Waals surface area contributed by atoms with E-state index >= 15 is 0 Å². The van der Waals surface area contributed by atoms with E-state index in [9.17, 15) is 0 Å². The molecule has 1 rings (SSSR count). The lowest BCUT2D eigenvalue weighted by Gasteiger charge is -2.10. The van der Waals surface area contributed by atoms with E-state index in [0.29, 0.717) is 0 Å². The highest BCUT2D eigenvalue weighted by atomic mass is 14.1. The van der Waals surface area contributed by atoms with Crippen molar-refractivity contribution in [2.45, 2.75) is 46.0 Å². The lowest BCUT2D eigenvalue weighted by molar-refractivity contribution is 0.624. The minimum Gasteiger partial charge on any atom is -0.0654 e. The van der Waals surface area contributed by atoms with E-state index in [-0.39, 0.29) is 0 Å². The normalized spacial score (nSPS) is 12.8. The van der Waals surface area contributed by atoms with Crippen LogP contribution in [-0.2, 0) is 0 Å². The second-order valence-corrected chi connectivity index (χ2v) is 3.95. The van der Waals surface area contributed by atoms with Crippen LogP contribution in [0.3, 0.4) is 0 Å². The molecule has 0 amide bonds. The Labute approximate surface area is 82.0 Å². The third kappa shape index (κ3) is 3.22. The molecule has 1 aromatic carbocycles. The van der Waals surface area contributed by atoms with Gasteiger partial charge in [0.05, 0.1) is 0 Å². The predicted molar refractivity (Wildman–Crippen MR) is 59.1 cm³/mol. The van der Waals surface area contributed by atoms with E-state index in [2.05, 4.69) is 45.0 Å². The molecule has 0 heteroatoms. The Morgan fingerprint density at radius 1 is 1.15 bits per heavy atom. The zero-order valence-electron chi connectivity index (χ0n) is 9.01. The molecule has 0 heterocycles. The molecule has 1 atom stereocenters. The first kappa shape index (κ1) is 10.3. The van der Waals surface area contributed by atoms with Crippen molar-refractivity contribution in [2.24, 2.45) is 0 Å². The van der Waals surface area contributed by atoms with Crippen LogP contribution in [-0.4, -0.2) is 0 Å². The number of benzene rings is 1. The highest BCUT2D eigenvalue weighted by molar-refractivity contribution is 5.23. The summed E-state index contributed by atoms with van der Waals surface area (Å²) in [7, 11) is 0. The highest BCUT2D eigenvalue weighted by Crippen LogP contribution is 2.21. The van der Waals surface area contributed by atoms with Crippen LogP contribution in [0.25, 0.3) is 0 Å². The number of hydrogen-bond donors (Lipinski definition) is 0. The molecular weight excluding hydrogens is 156 g/mol. The molecule has 0 fully saturated rings. The maximum Gasteiger partial charge on any atom is -0.0190 e. The summed E-state index contributed by atoms with van der Waals surface area (Å²) < 4.78 is 0. The molecule has 0 aromatic heterocycles. The van der Waals surface area contributed by atoms with Gasteiger partial charge in [0, 0.05) is 0 Å². The zero-order chi connectivity index (χ0) is 9.68. The van der Waals surface area contributed by atoms with Crippen molar-refractivity contribution in [3.05, 3.63) is 35.4 Å². The first-order valence-electron chi connectivity index (χ1n) is 5.30. The number of rotatable bonds is 4. The molecule has 0 nitrogen and oxygen atoms in total. The molecule has 0 unspecified atom stereocenters. The highest BCUT2D eigenvalue weighted by Gasteiger charge is 2.03. The molecular formula is C13H20. The van der Waals surface area contributed by atoms with Crippen LogP contribution in [0, 0.1) is 6.92 Å². The first-order valence-corrected chi connectivity index (χ1v) is 5.30. The van der Waals surface area contributed by atoms with Crippen molar-refractivity contribution in [1.29, 1.82) is 0 Å². The van der Waals surface area contributed by atoms with Gasteiger partial charge in [-0.25, -0.2) is 0 Å². The molecule has 0 spiro atoms. The fourth-order valence-electron chi connectivity index (χ4n) is 1.57. The smallest absolute Gasteiger partial charge is 0.0190 e. The summed E-state index contributed by atoms with van der Waals surface area (Å²) in [5.74, 6) is 0.723. The van der Waals surface area contributed by atoms with Crippen molar-refractivity contribution < 1.29 is 0 Å². The quantitative estimate of drug-likeness (QED) is 0.642. The molecule has 1 aromatic rings. The predicted octanol–water partition coefficient (Wildman–Crippen LogP) is 4.29. The number of aryl methyl sites for hydroxylation is 1.